The van der Waals surface area contributed by atoms with Crippen LogP contribution >= 0.6 is 12.6 Å². The van der Waals surface area contributed by atoms with E-state index in [9.17, 15) is 4.79 Å². The molecule has 0 unspecified atom stereocenters. The second-order valence-corrected chi connectivity index (χ2v) is 3.36. The number of carbonyl (C=O) groups is 1. The third-order valence-corrected chi connectivity index (χ3v) is 2.12. The topological polar surface area (TPSA) is 20.3 Å². The molecule has 13 heavy (non-hydrogen) atoms. The van der Waals surface area contributed by atoms with E-state index in [4.69, 9.17) is 0 Å². The maximum Gasteiger partial charge on any atom is 0.278 e. The quantitative estimate of drug-likeness (QED) is 0.541. The van der Waals surface area contributed by atoms with Gasteiger partial charge in [0.2, 0.25) is 0 Å². The first-order chi connectivity index (χ1) is 5.72. The number of nitrogens with zero attached hydrogens (tertiary/aromatic N) is 1. The van der Waals surface area contributed by atoms with Crippen LogP contribution in [-0.4, -0.2) is 50.5 Å². The third kappa shape index (κ3) is 9.06. The van der Waals surface area contributed by atoms with Crippen LogP contribution in [0.3, 0.4) is 0 Å². The van der Waals surface area contributed by atoms with Crippen LogP contribution in [0, 0.1) is 0 Å². The molecule has 0 spiro atoms. The summed E-state index contributed by atoms with van der Waals surface area (Å²) in [7, 11) is 0. The summed E-state index contributed by atoms with van der Waals surface area (Å²) in [4.78, 5) is 12.8. The minimum absolute atomic E-state index is 0. The Morgan fingerprint density at radius 1 is 1.15 bits per heavy atom. The van der Waals surface area contributed by atoms with Crippen LogP contribution in [0.5, 0.6) is 0 Å². The molecule has 0 atom stereocenters. The molecule has 0 saturated carbocycles. The molecule has 0 aliphatic heterocycles. The Morgan fingerprint density at radius 3 is 1.77 bits per heavy atom. The molecule has 76 valence electrons. The van der Waals surface area contributed by atoms with E-state index in [0.717, 1.165) is 38.8 Å². The number of amides is 1. The molecule has 0 aliphatic carbocycles. The average molecular weight is 397 g/mol. The fourth-order valence-electron chi connectivity index (χ4n) is 1.00. The molecule has 0 aromatic heterocycles. The Kier molecular flexibility index (Phi) is 13.5. The van der Waals surface area contributed by atoms with E-state index in [1.807, 2.05) is 4.90 Å². The van der Waals surface area contributed by atoms with Crippen molar-refractivity contribution in [3.8, 4) is 0 Å². The number of unbranched alkanes of at least 4 members (excludes halogenated alkanes) is 2. The summed E-state index contributed by atoms with van der Waals surface area (Å²) in [5.74, 6) is 0. The van der Waals surface area contributed by atoms with Crippen molar-refractivity contribution in [1.82, 2.24) is 4.90 Å². The van der Waals surface area contributed by atoms with Gasteiger partial charge in [-0.05, 0) is 12.8 Å². The predicted molar refractivity (Wildman–Crippen MR) is 61.5 cm³/mol. The van der Waals surface area contributed by atoms with Crippen LogP contribution in [0.1, 0.15) is 39.5 Å². The van der Waals surface area contributed by atoms with Gasteiger partial charge in [0.15, 0.2) is 0 Å². The van der Waals surface area contributed by atoms with Crippen LogP contribution < -0.4 is 0 Å². The smallest absolute Gasteiger partial charge is 0.278 e. The van der Waals surface area contributed by atoms with Gasteiger partial charge >= 0.3 is 0 Å². The molecule has 0 aromatic rings. The van der Waals surface area contributed by atoms with Gasteiger partial charge in [0.1, 0.15) is 0 Å². The minimum atomic E-state index is -0.0862. The van der Waals surface area contributed by atoms with Gasteiger partial charge in [-0.25, -0.2) is 0 Å². The fraction of sp³-hybridized carbons (Fsp3) is 0.889. The summed E-state index contributed by atoms with van der Waals surface area (Å²) >= 11 is 3.83. The number of rotatable bonds is 6. The summed E-state index contributed by atoms with van der Waals surface area (Å²) in [6.45, 7) is 5.97. The SMILES string of the molecule is CCCCN(CCCC)C(=O)S.[Pb]. The summed E-state index contributed by atoms with van der Waals surface area (Å²) in [6, 6.07) is 0. The van der Waals surface area contributed by atoms with Crippen molar-refractivity contribution in [2.24, 2.45) is 0 Å². The zero-order valence-electron chi connectivity index (χ0n) is 8.55. The van der Waals surface area contributed by atoms with E-state index in [2.05, 4.69) is 26.5 Å². The van der Waals surface area contributed by atoms with Gasteiger partial charge in [-0.3, -0.25) is 4.79 Å². The number of carbonyl (C=O) groups excluding carboxylic acids is 1. The normalized spacial score (nSPS) is 9.15. The molecule has 4 radical (unpaired) electrons. The average Bonchev–Trinajstić information content (AvgIpc) is 2.04. The maximum absolute atomic E-state index is 10.9. The largest absolute Gasteiger partial charge is 0.334 e. The second kappa shape index (κ2) is 10.8. The van der Waals surface area contributed by atoms with Crippen LogP contribution in [-0.2, 0) is 0 Å². The Bertz CT molecular complexity index is 125. The van der Waals surface area contributed by atoms with E-state index in [1.54, 1.807) is 0 Å². The van der Waals surface area contributed by atoms with Gasteiger partial charge in [0, 0.05) is 40.4 Å². The van der Waals surface area contributed by atoms with Crippen molar-refractivity contribution in [3.05, 3.63) is 0 Å². The van der Waals surface area contributed by atoms with Crippen LogP contribution in [0.4, 0.5) is 4.79 Å². The van der Waals surface area contributed by atoms with Gasteiger partial charge in [-0.15, -0.1) is 0 Å². The van der Waals surface area contributed by atoms with Gasteiger partial charge in [0.05, 0.1) is 0 Å². The molecule has 0 aromatic carbocycles. The fourth-order valence-corrected chi connectivity index (χ4v) is 1.20. The monoisotopic (exact) mass is 397 g/mol. The molecule has 0 bridgehead atoms. The molecule has 0 aliphatic rings. The first-order valence-corrected chi connectivity index (χ1v) is 5.15. The van der Waals surface area contributed by atoms with Gasteiger partial charge in [0.25, 0.3) is 5.24 Å². The standard InChI is InChI=1S/C9H19NOS.Pb/c1-3-5-7-10(9(11)12)8-6-4-2;/h3-8H2,1-2H3,(H,11,12);. The van der Waals surface area contributed by atoms with Crippen molar-refractivity contribution in [2.75, 3.05) is 13.1 Å². The molecule has 4 heteroatoms. The molecule has 0 rings (SSSR count). The van der Waals surface area contributed by atoms with Crippen LogP contribution in [0.2, 0.25) is 0 Å². The van der Waals surface area contributed by atoms with E-state index in [-0.39, 0.29) is 32.5 Å². The Balaban J connectivity index is 0. The minimum Gasteiger partial charge on any atom is -0.334 e. The molecule has 0 heterocycles. The van der Waals surface area contributed by atoms with Crippen molar-refractivity contribution in [3.63, 3.8) is 0 Å². The molecule has 0 fully saturated rings. The third-order valence-electron chi connectivity index (χ3n) is 1.83. The number of hydrogen-bond acceptors (Lipinski definition) is 1. The Hall–Kier alpha value is 0.742. The number of thiol groups is 1. The van der Waals surface area contributed by atoms with Crippen molar-refractivity contribution in [2.45, 2.75) is 39.5 Å². The van der Waals surface area contributed by atoms with Crippen molar-refractivity contribution >= 4 is 45.2 Å². The molecule has 0 N–H and O–H groups in total. The summed E-state index contributed by atoms with van der Waals surface area (Å²) in [6.07, 6.45) is 4.42. The second-order valence-electron chi connectivity index (χ2n) is 2.98. The van der Waals surface area contributed by atoms with Crippen LogP contribution in [0.15, 0.2) is 0 Å². The Morgan fingerprint density at radius 2 is 1.54 bits per heavy atom. The molecule has 0 saturated heterocycles. The van der Waals surface area contributed by atoms with Crippen LogP contribution in [0.25, 0.3) is 0 Å². The summed E-state index contributed by atoms with van der Waals surface area (Å²) < 4.78 is 0. The van der Waals surface area contributed by atoms with Crippen molar-refractivity contribution in [1.29, 1.82) is 0 Å². The molecule has 2 nitrogen and oxygen atoms in total. The summed E-state index contributed by atoms with van der Waals surface area (Å²) in [5, 5.41) is -0.0862. The zero-order chi connectivity index (χ0) is 9.40. The molecular formula is C9H19NOPbS. The summed E-state index contributed by atoms with van der Waals surface area (Å²) in [5.41, 5.74) is 0. The maximum atomic E-state index is 10.9. The van der Waals surface area contributed by atoms with Crippen molar-refractivity contribution < 1.29 is 4.79 Å². The van der Waals surface area contributed by atoms with E-state index in [0.29, 0.717) is 0 Å². The van der Waals surface area contributed by atoms with Gasteiger partial charge in [-0.1, -0.05) is 39.3 Å². The molecular weight excluding hydrogens is 377 g/mol. The molecule has 1 amide bonds. The predicted octanol–water partition coefficient (Wildman–Crippen LogP) is 2.56. The van der Waals surface area contributed by atoms with E-state index >= 15 is 0 Å². The van der Waals surface area contributed by atoms with Gasteiger partial charge in [-0.2, -0.15) is 0 Å². The zero-order valence-corrected chi connectivity index (χ0v) is 13.3. The van der Waals surface area contributed by atoms with E-state index < -0.39 is 0 Å². The number of hydrogen-bond donors (Lipinski definition) is 1. The van der Waals surface area contributed by atoms with Gasteiger partial charge < -0.3 is 4.90 Å². The van der Waals surface area contributed by atoms with E-state index in [1.165, 1.54) is 0 Å². The Labute approximate surface area is 107 Å². The first kappa shape index (κ1) is 16.2. The first-order valence-electron chi connectivity index (χ1n) is 4.70.